The minimum absolute atomic E-state index is 0.321. The van der Waals surface area contributed by atoms with E-state index in [0.29, 0.717) is 11.1 Å². The number of aromatic amines is 1. The van der Waals surface area contributed by atoms with Crippen LogP contribution in [0.4, 0.5) is 8.78 Å². The van der Waals surface area contributed by atoms with E-state index in [-0.39, 0.29) is 12.8 Å². The van der Waals surface area contributed by atoms with Gasteiger partial charge < -0.3 is 10.3 Å². The summed E-state index contributed by atoms with van der Waals surface area (Å²) in [5.41, 5.74) is 3.44. The van der Waals surface area contributed by atoms with Crippen molar-refractivity contribution in [2.24, 2.45) is 0 Å². The van der Waals surface area contributed by atoms with E-state index in [9.17, 15) is 13.6 Å². The number of carbonyl (C=O) groups excluding carboxylic acids is 1. The fourth-order valence-electron chi connectivity index (χ4n) is 3.45. The molecule has 0 bridgehead atoms. The number of pyridine rings is 1. The Morgan fingerprint density at radius 2 is 2.19 bits per heavy atom. The number of alkyl halides is 2. The number of rotatable bonds is 3. The van der Waals surface area contributed by atoms with Gasteiger partial charge >= 0.3 is 0 Å². The average Bonchev–Trinajstić information content (AvgIpc) is 3.23. The number of H-pyrrole nitrogens is 1. The standard InChI is InChI=1S/C18H14F2N6O/c19-18(20)4-11(5-18)25-17(27)14-8-24-26-2-1-10(3-15(14)26)12-7-22-16-13(12)6-21-9-23-16/h1-3,6-9,11H,4-5H2,(H,25,27)(H,21,22,23). The molecule has 27 heavy (non-hydrogen) atoms. The molecule has 1 amide bonds. The molecule has 1 saturated carbocycles. The Balaban J connectivity index is 1.50. The first-order valence-electron chi connectivity index (χ1n) is 8.44. The Hall–Kier alpha value is -3.36. The van der Waals surface area contributed by atoms with Crippen LogP contribution in [0.5, 0.6) is 0 Å². The minimum Gasteiger partial charge on any atom is -0.349 e. The van der Waals surface area contributed by atoms with Crippen LogP contribution >= 0.6 is 0 Å². The predicted octanol–water partition coefficient (Wildman–Crippen LogP) is 2.80. The molecule has 0 radical (unpaired) electrons. The van der Waals surface area contributed by atoms with E-state index in [1.165, 1.54) is 12.5 Å². The lowest BCUT2D eigenvalue weighted by Crippen LogP contribution is -2.50. The fraction of sp³-hybridized carbons (Fsp3) is 0.222. The second-order valence-corrected chi connectivity index (χ2v) is 6.73. The smallest absolute Gasteiger partial charge is 0.255 e. The molecule has 1 aliphatic rings. The Kier molecular flexibility index (Phi) is 3.27. The van der Waals surface area contributed by atoms with Crippen molar-refractivity contribution in [3.63, 3.8) is 0 Å². The molecule has 0 aliphatic heterocycles. The number of nitrogens with zero attached hydrogens (tertiary/aromatic N) is 4. The van der Waals surface area contributed by atoms with Gasteiger partial charge in [-0.2, -0.15) is 5.10 Å². The molecule has 4 aromatic heterocycles. The Morgan fingerprint density at radius 1 is 1.33 bits per heavy atom. The van der Waals surface area contributed by atoms with Crippen molar-refractivity contribution in [3.05, 3.63) is 48.8 Å². The van der Waals surface area contributed by atoms with Gasteiger partial charge in [-0.3, -0.25) is 4.79 Å². The topological polar surface area (TPSA) is 88.0 Å². The third kappa shape index (κ3) is 2.62. The van der Waals surface area contributed by atoms with Crippen molar-refractivity contribution in [3.8, 4) is 11.1 Å². The molecule has 0 spiro atoms. The van der Waals surface area contributed by atoms with E-state index < -0.39 is 17.9 Å². The lowest BCUT2D eigenvalue weighted by molar-refractivity contribution is -0.0901. The average molecular weight is 368 g/mol. The van der Waals surface area contributed by atoms with Crippen LogP contribution in [0.3, 0.4) is 0 Å². The SMILES string of the molecule is O=C(NC1CC(F)(F)C1)c1cnn2ccc(-c3c[nH]c4ncncc34)cc12. The normalized spacial score (nSPS) is 16.5. The van der Waals surface area contributed by atoms with Crippen LogP contribution in [-0.2, 0) is 0 Å². The van der Waals surface area contributed by atoms with Gasteiger partial charge in [0.1, 0.15) is 12.0 Å². The fourth-order valence-corrected chi connectivity index (χ4v) is 3.45. The van der Waals surface area contributed by atoms with E-state index in [4.69, 9.17) is 0 Å². The summed E-state index contributed by atoms with van der Waals surface area (Å²) in [5, 5.41) is 7.70. The van der Waals surface area contributed by atoms with E-state index >= 15 is 0 Å². The van der Waals surface area contributed by atoms with Gasteiger partial charge in [-0.15, -0.1) is 0 Å². The van der Waals surface area contributed by atoms with Gasteiger partial charge in [0, 0.05) is 48.4 Å². The molecule has 5 rings (SSSR count). The Labute approximate surface area is 151 Å². The van der Waals surface area contributed by atoms with Gasteiger partial charge in [-0.25, -0.2) is 23.3 Å². The lowest BCUT2D eigenvalue weighted by Gasteiger charge is -2.35. The van der Waals surface area contributed by atoms with Crippen molar-refractivity contribution in [1.82, 2.24) is 29.9 Å². The van der Waals surface area contributed by atoms with Gasteiger partial charge in [-0.05, 0) is 17.7 Å². The number of fused-ring (bicyclic) bond motifs is 2. The van der Waals surface area contributed by atoms with Crippen LogP contribution in [0.2, 0.25) is 0 Å². The summed E-state index contributed by atoms with van der Waals surface area (Å²) in [5.74, 6) is -3.08. The molecular formula is C18H14F2N6O. The molecule has 0 saturated heterocycles. The molecule has 136 valence electrons. The van der Waals surface area contributed by atoms with Crippen molar-refractivity contribution in [2.45, 2.75) is 24.8 Å². The molecule has 0 unspecified atom stereocenters. The van der Waals surface area contributed by atoms with Crippen molar-refractivity contribution in [1.29, 1.82) is 0 Å². The van der Waals surface area contributed by atoms with Crippen molar-refractivity contribution < 1.29 is 13.6 Å². The summed E-state index contributed by atoms with van der Waals surface area (Å²) < 4.78 is 27.6. The first-order chi connectivity index (χ1) is 13.0. The first kappa shape index (κ1) is 15.9. The summed E-state index contributed by atoms with van der Waals surface area (Å²) >= 11 is 0. The van der Waals surface area contributed by atoms with E-state index in [1.54, 1.807) is 16.9 Å². The van der Waals surface area contributed by atoms with Crippen molar-refractivity contribution >= 4 is 22.5 Å². The molecular weight excluding hydrogens is 354 g/mol. The first-order valence-corrected chi connectivity index (χ1v) is 8.44. The third-order valence-electron chi connectivity index (χ3n) is 4.86. The zero-order valence-corrected chi connectivity index (χ0v) is 14.0. The molecule has 1 aliphatic carbocycles. The second-order valence-electron chi connectivity index (χ2n) is 6.73. The maximum atomic E-state index is 13.0. The van der Waals surface area contributed by atoms with Crippen LogP contribution < -0.4 is 5.32 Å². The number of carbonyl (C=O) groups is 1. The van der Waals surface area contributed by atoms with Gasteiger partial charge in [0.25, 0.3) is 11.8 Å². The van der Waals surface area contributed by atoms with Gasteiger partial charge in [0.2, 0.25) is 0 Å². The second kappa shape index (κ2) is 5.57. The molecule has 2 N–H and O–H groups in total. The monoisotopic (exact) mass is 368 g/mol. The highest BCUT2D eigenvalue weighted by atomic mass is 19.3. The molecule has 9 heteroatoms. The molecule has 7 nitrogen and oxygen atoms in total. The van der Waals surface area contributed by atoms with Crippen molar-refractivity contribution in [2.75, 3.05) is 0 Å². The summed E-state index contributed by atoms with van der Waals surface area (Å²) in [4.78, 5) is 23.8. The highest BCUT2D eigenvalue weighted by Crippen LogP contribution is 2.37. The van der Waals surface area contributed by atoms with Gasteiger partial charge in [0.15, 0.2) is 0 Å². The molecule has 0 aromatic carbocycles. The third-order valence-corrected chi connectivity index (χ3v) is 4.86. The Bertz CT molecular complexity index is 1170. The number of hydrogen-bond donors (Lipinski definition) is 2. The van der Waals surface area contributed by atoms with E-state index in [2.05, 4.69) is 25.4 Å². The predicted molar refractivity (Wildman–Crippen MR) is 93.5 cm³/mol. The maximum absolute atomic E-state index is 13.0. The number of aromatic nitrogens is 5. The van der Waals surface area contributed by atoms with E-state index in [1.807, 2.05) is 18.3 Å². The van der Waals surface area contributed by atoms with Crippen LogP contribution in [0, 0.1) is 0 Å². The van der Waals surface area contributed by atoms with Crippen LogP contribution in [0.1, 0.15) is 23.2 Å². The van der Waals surface area contributed by atoms with Crippen LogP contribution in [0.25, 0.3) is 27.7 Å². The molecule has 4 aromatic rings. The van der Waals surface area contributed by atoms with Gasteiger partial charge in [-0.1, -0.05) is 0 Å². The van der Waals surface area contributed by atoms with Crippen LogP contribution in [-0.4, -0.2) is 42.4 Å². The Morgan fingerprint density at radius 3 is 3.00 bits per heavy atom. The summed E-state index contributed by atoms with van der Waals surface area (Å²) in [6.45, 7) is 0. The van der Waals surface area contributed by atoms with Crippen LogP contribution in [0.15, 0.2) is 43.2 Å². The summed E-state index contributed by atoms with van der Waals surface area (Å²) in [7, 11) is 0. The number of amides is 1. The highest BCUT2D eigenvalue weighted by molar-refractivity contribution is 6.02. The number of nitrogens with one attached hydrogen (secondary N) is 2. The summed E-state index contributed by atoms with van der Waals surface area (Å²) in [6.07, 6.45) is 7.58. The summed E-state index contributed by atoms with van der Waals surface area (Å²) in [6, 6.07) is 3.22. The highest BCUT2D eigenvalue weighted by Gasteiger charge is 2.46. The maximum Gasteiger partial charge on any atom is 0.255 e. The zero-order valence-electron chi connectivity index (χ0n) is 14.0. The number of hydrogen-bond acceptors (Lipinski definition) is 4. The zero-order chi connectivity index (χ0) is 18.6. The molecule has 4 heterocycles. The van der Waals surface area contributed by atoms with E-state index in [0.717, 1.165) is 22.2 Å². The minimum atomic E-state index is -2.68. The number of halogens is 2. The largest absolute Gasteiger partial charge is 0.349 e. The molecule has 0 atom stereocenters. The lowest BCUT2D eigenvalue weighted by atomic mass is 9.88. The van der Waals surface area contributed by atoms with Gasteiger partial charge in [0.05, 0.1) is 17.3 Å². The molecule has 1 fully saturated rings. The quantitative estimate of drug-likeness (QED) is 0.582.